The third-order valence-electron chi connectivity index (χ3n) is 2.72. The van der Waals surface area contributed by atoms with Gasteiger partial charge in [0.15, 0.2) is 0 Å². The van der Waals surface area contributed by atoms with Gasteiger partial charge in [0, 0.05) is 0 Å². The number of nitrogens with one attached hydrogen (secondary N) is 1. The maximum absolute atomic E-state index is 12.3. The van der Waals surface area contributed by atoms with Crippen LogP contribution in [0.1, 0.15) is 22.0 Å². The van der Waals surface area contributed by atoms with Gasteiger partial charge in [-0.25, -0.2) is 22.9 Å². The molecule has 1 aromatic heterocycles. The zero-order valence-corrected chi connectivity index (χ0v) is 13.4. The quantitative estimate of drug-likeness (QED) is 0.832. The minimum absolute atomic E-state index is 0.0104. The van der Waals surface area contributed by atoms with Gasteiger partial charge in [-0.15, -0.1) is 0 Å². The average Bonchev–Trinajstić information content (AvgIpc) is 2.90. The Kier molecular flexibility index (Phi) is 4.84. The van der Waals surface area contributed by atoms with Crippen LogP contribution in [0.15, 0.2) is 33.7 Å². The van der Waals surface area contributed by atoms with E-state index in [4.69, 9.17) is 16.0 Å². The number of rotatable bonds is 5. The van der Waals surface area contributed by atoms with Crippen molar-refractivity contribution in [2.75, 3.05) is 7.11 Å². The number of hydrogen-bond acceptors (Lipinski definition) is 6. The van der Waals surface area contributed by atoms with Crippen LogP contribution in [0.3, 0.4) is 0 Å². The summed E-state index contributed by atoms with van der Waals surface area (Å²) in [4.78, 5) is 15.2. The molecule has 7 nitrogen and oxygen atoms in total. The molecule has 2 aromatic rings. The van der Waals surface area contributed by atoms with Gasteiger partial charge < -0.3 is 9.15 Å². The second-order valence-electron chi connectivity index (χ2n) is 4.33. The molecule has 0 saturated heterocycles. The third kappa shape index (κ3) is 3.65. The Morgan fingerprint density at radius 3 is 2.77 bits per heavy atom. The maximum Gasteiger partial charge on any atom is 0.337 e. The summed E-state index contributed by atoms with van der Waals surface area (Å²) in [7, 11) is -2.73. The topological polar surface area (TPSA) is 98.5 Å². The van der Waals surface area contributed by atoms with Gasteiger partial charge in [-0.05, 0) is 25.1 Å². The lowest BCUT2D eigenvalue weighted by molar-refractivity contribution is 0.0600. The van der Waals surface area contributed by atoms with Crippen LogP contribution in [0, 0.1) is 6.92 Å². The van der Waals surface area contributed by atoms with Crippen LogP contribution < -0.4 is 4.72 Å². The molecule has 0 aliphatic rings. The number of hydrogen-bond donors (Lipinski definition) is 1. The number of aromatic nitrogens is 1. The Balaban J connectivity index is 2.26. The van der Waals surface area contributed by atoms with Gasteiger partial charge in [-0.1, -0.05) is 11.6 Å². The smallest absolute Gasteiger partial charge is 0.337 e. The summed E-state index contributed by atoms with van der Waals surface area (Å²) in [5.41, 5.74) is 0.0826. The number of benzene rings is 1. The van der Waals surface area contributed by atoms with Gasteiger partial charge in [0.05, 0.1) is 30.4 Å². The molecule has 1 heterocycles. The average molecular weight is 345 g/mol. The van der Waals surface area contributed by atoms with Crippen LogP contribution in [-0.2, 0) is 21.3 Å². The lowest BCUT2D eigenvalue weighted by Crippen LogP contribution is -2.24. The molecule has 118 valence electrons. The van der Waals surface area contributed by atoms with Crippen molar-refractivity contribution in [2.24, 2.45) is 0 Å². The number of carbonyl (C=O) groups is 1. The number of halogens is 1. The minimum Gasteiger partial charge on any atom is -0.465 e. The molecular formula is C13H13ClN2O5S. The van der Waals surface area contributed by atoms with E-state index in [2.05, 4.69) is 14.4 Å². The van der Waals surface area contributed by atoms with Crippen LogP contribution in [0.2, 0.25) is 5.02 Å². The molecule has 0 radical (unpaired) electrons. The van der Waals surface area contributed by atoms with E-state index in [0.717, 1.165) is 6.07 Å². The fraction of sp³-hybridized carbons (Fsp3) is 0.231. The van der Waals surface area contributed by atoms with E-state index in [9.17, 15) is 13.2 Å². The predicted octanol–water partition coefficient (Wildman–Crippen LogP) is 1.90. The first-order valence-corrected chi connectivity index (χ1v) is 7.98. The first-order chi connectivity index (χ1) is 10.3. The van der Waals surface area contributed by atoms with E-state index < -0.39 is 16.0 Å². The van der Waals surface area contributed by atoms with Crippen LogP contribution >= 0.6 is 11.6 Å². The van der Waals surface area contributed by atoms with Crippen LogP contribution in [-0.4, -0.2) is 26.5 Å². The molecule has 0 fully saturated rings. The minimum atomic E-state index is -3.93. The second kappa shape index (κ2) is 6.47. The van der Waals surface area contributed by atoms with Gasteiger partial charge in [0.25, 0.3) is 0 Å². The summed E-state index contributed by atoms with van der Waals surface area (Å²) >= 11 is 5.90. The molecule has 0 spiro atoms. The predicted molar refractivity (Wildman–Crippen MR) is 78.1 cm³/mol. The molecule has 1 N–H and O–H groups in total. The first-order valence-electron chi connectivity index (χ1n) is 6.12. The fourth-order valence-electron chi connectivity index (χ4n) is 1.67. The summed E-state index contributed by atoms with van der Waals surface area (Å²) in [6.07, 6.45) is 1.48. The molecule has 0 amide bonds. The molecule has 9 heteroatoms. The van der Waals surface area contributed by atoms with E-state index in [1.807, 2.05) is 0 Å². The van der Waals surface area contributed by atoms with E-state index in [1.54, 1.807) is 6.92 Å². The largest absolute Gasteiger partial charge is 0.465 e. The molecule has 2 rings (SSSR count). The monoisotopic (exact) mass is 344 g/mol. The highest BCUT2D eigenvalue weighted by atomic mass is 35.5. The molecule has 0 unspecified atom stereocenters. The molecule has 1 aromatic carbocycles. The van der Waals surface area contributed by atoms with Crippen LogP contribution in [0.5, 0.6) is 0 Å². The Bertz CT molecular complexity index is 801. The Morgan fingerprint density at radius 1 is 1.45 bits per heavy atom. The lowest BCUT2D eigenvalue weighted by Gasteiger charge is -2.08. The van der Waals surface area contributed by atoms with Crippen molar-refractivity contribution in [3.05, 3.63) is 46.6 Å². The summed E-state index contributed by atoms with van der Waals surface area (Å²) in [6.45, 7) is 1.57. The van der Waals surface area contributed by atoms with E-state index >= 15 is 0 Å². The Hall–Kier alpha value is -1.90. The molecule has 0 saturated carbocycles. The summed E-state index contributed by atoms with van der Waals surface area (Å²) in [5.74, 6) is 0.137. The lowest BCUT2D eigenvalue weighted by atomic mass is 10.2. The van der Waals surface area contributed by atoms with Gasteiger partial charge in [0.2, 0.25) is 15.9 Å². The number of esters is 1. The van der Waals surface area contributed by atoms with Crippen molar-refractivity contribution in [1.29, 1.82) is 0 Å². The van der Waals surface area contributed by atoms with Gasteiger partial charge in [-0.2, -0.15) is 0 Å². The molecular weight excluding hydrogens is 332 g/mol. The van der Waals surface area contributed by atoms with Gasteiger partial charge in [-0.3, -0.25) is 0 Å². The highest BCUT2D eigenvalue weighted by Crippen LogP contribution is 2.23. The van der Waals surface area contributed by atoms with Crippen LogP contribution in [0.25, 0.3) is 0 Å². The van der Waals surface area contributed by atoms with Crippen molar-refractivity contribution in [3.8, 4) is 0 Å². The molecule has 0 atom stereocenters. The highest BCUT2D eigenvalue weighted by Gasteiger charge is 2.21. The van der Waals surface area contributed by atoms with Crippen molar-refractivity contribution in [3.63, 3.8) is 0 Å². The zero-order chi connectivity index (χ0) is 16.3. The van der Waals surface area contributed by atoms with Crippen molar-refractivity contribution >= 4 is 27.6 Å². The van der Waals surface area contributed by atoms with Crippen molar-refractivity contribution < 1.29 is 22.4 Å². The SMILES string of the molecule is COC(=O)c1ccc(Cl)c(S(=O)(=O)NCc2ncc(C)o2)c1. The number of nitrogens with zero attached hydrogens (tertiary/aromatic N) is 1. The summed E-state index contributed by atoms with van der Waals surface area (Å²) in [5, 5.41) is -0.0104. The van der Waals surface area contributed by atoms with Gasteiger partial charge in [0.1, 0.15) is 10.7 Å². The van der Waals surface area contributed by atoms with Gasteiger partial charge >= 0.3 is 5.97 Å². The molecule has 0 aliphatic heterocycles. The van der Waals surface area contributed by atoms with Crippen LogP contribution in [0.4, 0.5) is 0 Å². The fourth-order valence-corrected chi connectivity index (χ4v) is 3.17. The first kappa shape index (κ1) is 16.5. The number of ether oxygens (including phenoxy) is 1. The molecule has 22 heavy (non-hydrogen) atoms. The number of methoxy groups -OCH3 is 1. The maximum atomic E-state index is 12.3. The third-order valence-corrected chi connectivity index (χ3v) is 4.61. The van der Waals surface area contributed by atoms with E-state index in [1.165, 1.54) is 25.4 Å². The Labute approximate surface area is 132 Å². The summed E-state index contributed by atoms with van der Waals surface area (Å²) < 4.78 is 36.6. The number of sulfonamides is 1. The zero-order valence-electron chi connectivity index (χ0n) is 11.8. The second-order valence-corrected chi connectivity index (χ2v) is 6.47. The summed E-state index contributed by atoms with van der Waals surface area (Å²) in [6, 6.07) is 3.85. The van der Waals surface area contributed by atoms with Crippen molar-refractivity contribution in [1.82, 2.24) is 9.71 Å². The molecule has 0 bridgehead atoms. The normalized spacial score (nSPS) is 11.4. The Morgan fingerprint density at radius 2 is 2.18 bits per heavy atom. The van der Waals surface area contributed by atoms with Crippen molar-refractivity contribution in [2.45, 2.75) is 18.4 Å². The van der Waals surface area contributed by atoms with E-state index in [-0.39, 0.29) is 27.9 Å². The molecule has 0 aliphatic carbocycles. The number of carbonyl (C=O) groups excluding carboxylic acids is 1. The standard InChI is InChI=1S/C13H13ClN2O5S/c1-8-6-15-12(21-8)7-16-22(18,19)11-5-9(13(17)20-2)3-4-10(11)14/h3-6,16H,7H2,1-2H3. The number of aryl methyl sites for hydroxylation is 1. The van der Waals surface area contributed by atoms with E-state index in [0.29, 0.717) is 5.76 Å². The highest BCUT2D eigenvalue weighted by molar-refractivity contribution is 7.89. The number of oxazole rings is 1.